The largest absolute Gasteiger partial charge is 0.547 e. The topological polar surface area (TPSA) is 29.5 Å². The Hall–Kier alpha value is -0.966. The summed E-state index contributed by atoms with van der Waals surface area (Å²) < 4.78 is 6.28. The maximum Gasteiger partial charge on any atom is 0.241 e. The lowest BCUT2D eigenvalue weighted by molar-refractivity contribution is 0.348. The van der Waals surface area contributed by atoms with Gasteiger partial charge in [-0.2, -0.15) is 0 Å². The number of aliphatic hydroxyl groups is 1. The summed E-state index contributed by atoms with van der Waals surface area (Å²) in [5, 5.41) is 11.6. The SMILES string of the molecule is CC1=C(O[Si](C)(C)C)C[C@H]2CC(O)=C=C([Si](C)(C)C)C/C=C/12. The molecule has 0 saturated heterocycles. The van der Waals surface area contributed by atoms with E-state index in [0.29, 0.717) is 18.1 Å². The Labute approximate surface area is 137 Å². The quantitative estimate of drug-likeness (QED) is 0.530. The minimum absolute atomic E-state index is 0.363. The van der Waals surface area contributed by atoms with Crippen molar-refractivity contribution in [2.75, 3.05) is 0 Å². The van der Waals surface area contributed by atoms with E-state index in [2.05, 4.69) is 58.0 Å². The van der Waals surface area contributed by atoms with E-state index in [0.717, 1.165) is 18.6 Å². The van der Waals surface area contributed by atoms with Gasteiger partial charge in [0.2, 0.25) is 8.32 Å². The molecule has 2 aliphatic rings. The van der Waals surface area contributed by atoms with Gasteiger partial charge in [-0.25, -0.2) is 0 Å². The van der Waals surface area contributed by atoms with Crippen LogP contribution in [-0.4, -0.2) is 21.5 Å². The van der Waals surface area contributed by atoms with Crippen LogP contribution in [0, 0.1) is 5.92 Å². The lowest BCUT2D eigenvalue weighted by Crippen LogP contribution is -2.24. The number of rotatable bonds is 3. The fourth-order valence-corrected chi connectivity index (χ4v) is 5.37. The zero-order valence-corrected chi connectivity index (χ0v) is 17.1. The Morgan fingerprint density at radius 3 is 2.32 bits per heavy atom. The van der Waals surface area contributed by atoms with Gasteiger partial charge in [-0.3, -0.25) is 0 Å². The van der Waals surface area contributed by atoms with Crippen molar-refractivity contribution in [2.45, 2.75) is 65.5 Å². The summed E-state index contributed by atoms with van der Waals surface area (Å²) >= 11 is 0. The summed E-state index contributed by atoms with van der Waals surface area (Å²) in [5.74, 6) is 1.94. The van der Waals surface area contributed by atoms with Crippen molar-refractivity contribution in [1.82, 2.24) is 0 Å². The van der Waals surface area contributed by atoms with Crippen LogP contribution in [0.25, 0.3) is 0 Å². The molecule has 0 aromatic rings. The molecule has 0 spiro atoms. The zero-order valence-electron chi connectivity index (χ0n) is 15.1. The molecule has 0 radical (unpaired) electrons. The molecule has 0 bridgehead atoms. The highest BCUT2D eigenvalue weighted by molar-refractivity contribution is 6.83. The summed E-state index contributed by atoms with van der Waals surface area (Å²) in [5.41, 5.74) is 5.99. The highest BCUT2D eigenvalue weighted by Gasteiger charge is 2.32. The molecule has 2 nitrogen and oxygen atoms in total. The number of aliphatic hydroxyl groups excluding tert-OH is 1. The maximum absolute atomic E-state index is 10.3. The van der Waals surface area contributed by atoms with E-state index in [4.69, 9.17) is 4.43 Å². The van der Waals surface area contributed by atoms with Crippen LogP contribution in [0.2, 0.25) is 39.3 Å². The van der Waals surface area contributed by atoms with Crippen LogP contribution < -0.4 is 0 Å². The smallest absolute Gasteiger partial charge is 0.241 e. The Morgan fingerprint density at radius 2 is 1.77 bits per heavy atom. The predicted octanol–water partition coefficient (Wildman–Crippen LogP) is 5.70. The Kier molecular flexibility index (Phi) is 4.67. The minimum atomic E-state index is -1.58. The van der Waals surface area contributed by atoms with E-state index >= 15 is 0 Å². The molecule has 22 heavy (non-hydrogen) atoms. The van der Waals surface area contributed by atoms with Crippen LogP contribution in [-0.2, 0) is 4.43 Å². The van der Waals surface area contributed by atoms with Crippen LogP contribution in [0.4, 0.5) is 0 Å². The second-order valence-electron chi connectivity index (χ2n) is 8.53. The molecule has 2 rings (SSSR count). The lowest BCUT2D eigenvalue weighted by atomic mass is 9.92. The minimum Gasteiger partial charge on any atom is -0.547 e. The molecular weight excluding hydrogens is 304 g/mol. The first-order valence-corrected chi connectivity index (χ1v) is 15.2. The molecule has 0 unspecified atom stereocenters. The molecule has 1 atom stereocenters. The van der Waals surface area contributed by atoms with Crippen molar-refractivity contribution in [2.24, 2.45) is 5.92 Å². The summed E-state index contributed by atoms with van der Waals surface area (Å²) in [4.78, 5) is 0. The standard InChI is InChI=1S/C18H30O2Si2/c1-13-17-9-8-16(21(2,3)4)12-15(19)10-14(17)11-18(13)20-22(5,6)7/h9,14,19H,8,10-11H2,1-7H3/b17-9-/t12?,14-/m1/s1. The average molecular weight is 335 g/mol. The predicted molar refractivity (Wildman–Crippen MR) is 99.1 cm³/mol. The number of fused-ring (bicyclic) bond motifs is 1. The normalized spacial score (nSPS) is 25.6. The molecule has 0 fully saturated rings. The van der Waals surface area contributed by atoms with E-state index in [1.807, 2.05) is 0 Å². The summed E-state index contributed by atoms with van der Waals surface area (Å²) in [6.45, 7) is 15.8. The first-order valence-electron chi connectivity index (χ1n) is 8.24. The molecule has 0 saturated carbocycles. The van der Waals surface area contributed by atoms with Crippen LogP contribution >= 0.6 is 0 Å². The number of hydrogen-bond donors (Lipinski definition) is 1. The third-order valence-corrected chi connectivity index (χ3v) is 7.32. The second-order valence-corrected chi connectivity index (χ2v) is 18.1. The van der Waals surface area contributed by atoms with Gasteiger partial charge in [0.25, 0.3) is 0 Å². The van der Waals surface area contributed by atoms with Gasteiger partial charge in [0.1, 0.15) is 5.76 Å². The van der Waals surface area contributed by atoms with Crippen molar-refractivity contribution in [3.63, 3.8) is 0 Å². The lowest BCUT2D eigenvalue weighted by Gasteiger charge is -2.21. The van der Waals surface area contributed by atoms with Crippen LogP contribution in [0.1, 0.15) is 26.2 Å². The van der Waals surface area contributed by atoms with Gasteiger partial charge in [0.05, 0.1) is 13.8 Å². The monoisotopic (exact) mass is 334 g/mol. The van der Waals surface area contributed by atoms with Gasteiger partial charge in [0.15, 0.2) is 0 Å². The van der Waals surface area contributed by atoms with Gasteiger partial charge >= 0.3 is 0 Å². The van der Waals surface area contributed by atoms with Crippen molar-refractivity contribution in [1.29, 1.82) is 0 Å². The Balaban J connectivity index is 2.34. The molecule has 4 heteroatoms. The first-order chi connectivity index (χ1) is 9.97. The Morgan fingerprint density at radius 1 is 1.14 bits per heavy atom. The summed E-state index contributed by atoms with van der Waals surface area (Å²) in [6.07, 6.45) is 4.91. The van der Waals surface area contributed by atoms with Crippen LogP contribution in [0.15, 0.2) is 39.7 Å². The second kappa shape index (κ2) is 5.91. The van der Waals surface area contributed by atoms with Gasteiger partial charge in [-0.1, -0.05) is 31.4 Å². The van der Waals surface area contributed by atoms with Gasteiger partial charge < -0.3 is 9.53 Å². The fourth-order valence-electron chi connectivity index (χ4n) is 3.16. The van der Waals surface area contributed by atoms with E-state index < -0.39 is 16.4 Å². The highest BCUT2D eigenvalue weighted by Crippen LogP contribution is 2.42. The first kappa shape index (κ1) is 17.4. The van der Waals surface area contributed by atoms with Crippen molar-refractivity contribution in [3.8, 4) is 0 Å². The molecule has 122 valence electrons. The van der Waals surface area contributed by atoms with Gasteiger partial charge in [-0.05, 0) is 55.2 Å². The highest BCUT2D eigenvalue weighted by atomic mass is 28.4. The molecule has 2 aliphatic carbocycles. The van der Waals surface area contributed by atoms with Crippen LogP contribution in [0.3, 0.4) is 0 Å². The van der Waals surface area contributed by atoms with Crippen molar-refractivity contribution in [3.05, 3.63) is 39.7 Å². The fraction of sp³-hybridized carbons (Fsp3) is 0.611. The average Bonchev–Trinajstić information content (AvgIpc) is 2.55. The van der Waals surface area contributed by atoms with Crippen LogP contribution in [0.5, 0.6) is 0 Å². The number of allylic oxidation sites excluding steroid dienone is 5. The third-order valence-electron chi connectivity index (χ3n) is 4.32. The Bertz CT molecular complexity index is 592. The summed E-state index contributed by atoms with van der Waals surface area (Å²) in [6, 6.07) is 0. The molecule has 0 heterocycles. The van der Waals surface area contributed by atoms with Gasteiger partial charge in [-0.15, -0.1) is 0 Å². The third kappa shape index (κ3) is 4.06. The molecule has 0 aromatic heterocycles. The molecule has 0 aliphatic heterocycles. The number of hydrogen-bond acceptors (Lipinski definition) is 2. The molecule has 0 amide bonds. The van der Waals surface area contributed by atoms with E-state index in [1.54, 1.807) is 0 Å². The van der Waals surface area contributed by atoms with Gasteiger partial charge in [0, 0.05) is 12.8 Å². The maximum atomic E-state index is 10.3. The van der Waals surface area contributed by atoms with Crippen molar-refractivity contribution >= 4 is 16.4 Å². The van der Waals surface area contributed by atoms with E-state index in [-0.39, 0.29) is 0 Å². The molecule has 1 N–H and O–H groups in total. The zero-order chi connectivity index (χ0) is 16.7. The molecular formula is C18H30O2Si2. The molecule has 0 aromatic carbocycles. The van der Waals surface area contributed by atoms with E-state index in [9.17, 15) is 5.11 Å². The summed E-state index contributed by atoms with van der Waals surface area (Å²) in [7, 11) is -3.02. The van der Waals surface area contributed by atoms with Crippen molar-refractivity contribution < 1.29 is 9.53 Å². The van der Waals surface area contributed by atoms with E-state index in [1.165, 1.54) is 16.3 Å².